The third kappa shape index (κ3) is 6.45. The molecule has 0 heterocycles. The Bertz CT molecular complexity index is 401. The van der Waals surface area contributed by atoms with Crippen molar-refractivity contribution in [2.24, 2.45) is 0 Å². The van der Waals surface area contributed by atoms with Crippen molar-refractivity contribution in [1.82, 2.24) is 0 Å². The molecule has 0 nitrogen and oxygen atoms in total. The monoisotopic (exact) mass is 210 g/mol. The lowest BCUT2D eigenvalue weighted by molar-refractivity contribution is 1.63. The molecule has 0 fully saturated rings. The van der Waals surface area contributed by atoms with Gasteiger partial charge in [-0.3, -0.25) is 0 Å². The highest BCUT2D eigenvalue weighted by molar-refractivity contribution is 5.47. The lowest BCUT2D eigenvalue weighted by Crippen LogP contribution is -1.73. The molecule has 0 aromatic heterocycles. The molecule has 0 rings (SSSR count). The molecule has 0 amide bonds. The summed E-state index contributed by atoms with van der Waals surface area (Å²) in [4.78, 5) is 0. The Kier molecular flexibility index (Phi) is 8.36. The molecule has 0 saturated heterocycles. The standard InChI is InChI=1S/C16H18/c1-5-9-11-15(7-3)13-14-16(8-4)12-10-6-2/h5-12H,1,4H2,2-3H3/b10-6-,11-9-,15-7+,16-12+. The molecule has 0 bridgehead atoms. The molecule has 0 spiro atoms. The van der Waals surface area contributed by atoms with Crippen LogP contribution in [0.1, 0.15) is 13.8 Å². The van der Waals surface area contributed by atoms with Gasteiger partial charge in [0.25, 0.3) is 0 Å². The van der Waals surface area contributed by atoms with E-state index in [0.717, 1.165) is 11.1 Å². The second-order valence-electron chi connectivity index (χ2n) is 2.94. The highest BCUT2D eigenvalue weighted by atomic mass is 13.9. The molecule has 0 atom stereocenters. The minimum Gasteiger partial charge on any atom is -0.0991 e. The molecular weight excluding hydrogens is 192 g/mol. The van der Waals surface area contributed by atoms with Gasteiger partial charge in [0.1, 0.15) is 0 Å². The molecule has 0 saturated carbocycles. The molecule has 0 radical (unpaired) electrons. The molecule has 0 aliphatic rings. The summed E-state index contributed by atoms with van der Waals surface area (Å²) in [5, 5.41) is 0. The fourth-order valence-corrected chi connectivity index (χ4v) is 0.887. The van der Waals surface area contributed by atoms with E-state index in [1.165, 1.54) is 0 Å². The quantitative estimate of drug-likeness (QED) is 0.477. The predicted octanol–water partition coefficient (Wildman–Crippen LogP) is 4.37. The largest absolute Gasteiger partial charge is 0.0991 e. The summed E-state index contributed by atoms with van der Waals surface area (Å²) in [6.07, 6.45) is 15.1. The summed E-state index contributed by atoms with van der Waals surface area (Å²) in [6.45, 7) is 11.3. The van der Waals surface area contributed by atoms with E-state index in [1.54, 1.807) is 12.2 Å². The van der Waals surface area contributed by atoms with Gasteiger partial charge in [-0.1, -0.05) is 61.5 Å². The van der Waals surface area contributed by atoms with Crippen molar-refractivity contribution in [1.29, 1.82) is 0 Å². The van der Waals surface area contributed by atoms with Gasteiger partial charge in [-0.25, -0.2) is 0 Å². The first kappa shape index (κ1) is 14.0. The first-order chi connectivity index (χ1) is 7.78. The molecule has 82 valence electrons. The predicted molar refractivity (Wildman–Crippen MR) is 74.0 cm³/mol. The zero-order valence-electron chi connectivity index (χ0n) is 10.0. The molecule has 0 unspecified atom stereocenters. The Hall–Kier alpha value is -2.00. The van der Waals surface area contributed by atoms with Crippen LogP contribution in [-0.2, 0) is 0 Å². The number of hydrogen-bond acceptors (Lipinski definition) is 0. The van der Waals surface area contributed by atoms with Crippen molar-refractivity contribution in [3.8, 4) is 11.8 Å². The number of allylic oxidation sites excluding steroid dienone is 10. The van der Waals surface area contributed by atoms with Crippen molar-refractivity contribution in [3.63, 3.8) is 0 Å². The van der Waals surface area contributed by atoms with Gasteiger partial charge in [0.05, 0.1) is 0 Å². The summed E-state index contributed by atoms with van der Waals surface area (Å²) in [5.74, 6) is 6.12. The average molecular weight is 210 g/mol. The van der Waals surface area contributed by atoms with Crippen LogP contribution < -0.4 is 0 Å². The second kappa shape index (κ2) is 9.55. The molecule has 0 aliphatic heterocycles. The number of rotatable bonds is 4. The SMILES string of the molecule is C=C/C=C\C(C#C/C(C=C)=C/C=C\C)=C/C. The van der Waals surface area contributed by atoms with Gasteiger partial charge < -0.3 is 0 Å². The van der Waals surface area contributed by atoms with Gasteiger partial charge in [-0.05, 0) is 26.0 Å². The second-order valence-corrected chi connectivity index (χ2v) is 2.94. The van der Waals surface area contributed by atoms with Crippen LogP contribution >= 0.6 is 0 Å². The van der Waals surface area contributed by atoms with E-state index >= 15 is 0 Å². The third-order valence-corrected chi connectivity index (χ3v) is 1.76. The van der Waals surface area contributed by atoms with E-state index in [1.807, 2.05) is 50.3 Å². The van der Waals surface area contributed by atoms with E-state index in [9.17, 15) is 0 Å². The van der Waals surface area contributed by atoms with Gasteiger partial charge in [-0.15, -0.1) is 0 Å². The summed E-state index contributed by atoms with van der Waals surface area (Å²) >= 11 is 0. The minimum atomic E-state index is 0.907. The molecule has 0 N–H and O–H groups in total. The Balaban J connectivity index is 4.86. The van der Waals surface area contributed by atoms with Crippen LogP contribution in [0.4, 0.5) is 0 Å². The van der Waals surface area contributed by atoms with Crippen LogP contribution in [-0.4, -0.2) is 0 Å². The lowest BCUT2D eigenvalue weighted by Gasteiger charge is -1.88. The van der Waals surface area contributed by atoms with Gasteiger partial charge in [-0.2, -0.15) is 0 Å². The summed E-state index contributed by atoms with van der Waals surface area (Å²) in [5.41, 5.74) is 1.87. The van der Waals surface area contributed by atoms with Crippen molar-refractivity contribution < 1.29 is 0 Å². The van der Waals surface area contributed by atoms with E-state index in [0.29, 0.717) is 0 Å². The van der Waals surface area contributed by atoms with Crippen molar-refractivity contribution in [3.05, 3.63) is 72.9 Å². The van der Waals surface area contributed by atoms with Gasteiger partial charge in [0.2, 0.25) is 0 Å². The van der Waals surface area contributed by atoms with Crippen LogP contribution in [0.2, 0.25) is 0 Å². The fourth-order valence-electron chi connectivity index (χ4n) is 0.887. The first-order valence-electron chi connectivity index (χ1n) is 5.21. The van der Waals surface area contributed by atoms with Crippen molar-refractivity contribution in [2.45, 2.75) is 13.8 Å². The summed E-state index contributed by atoms with van der Waals surface area (Å²) in [7, 11) is 0. The minimum absolute atomic E-state index is 0.907. The van der Waals surface area contributed by atoms with Gasteiger partial charge in [0, 0.05) is 11.1 Å². The van der Waals surface area contributed by atoms with E-state index in [4.69, 9.17) is 0 Å². The molecule has 16 heavy (non-hydrogen) atoms. The van der Waals surface area contributed by atoms with E-state index in [-0.39, 0.29) is 0 Å². The normalized spacial score (nSPS) is 12.6. The van der Waals surface area contributed by atoms with Crippen LogP contribution in [0.15, 0.2) is 72.9 Å². The smallest absolute Gasteiger partial charge is 0.0243 e. The fraction of sp³-hybridized carbons (Fsp3) is 0.125. The van der Waals surface area contributed by atoms with Crippen LogP contribution in [0.3, 0.4) is 0 Å². The highest BCUT2D eigenvalue weighted by Crippen LogP contribution is 1.98. The van der Waals surface area contributed by atoms with Crippen LogP contribution in [0.5, 0.6) is 0 Å². The molecule has 0 aromatic carbocycles. The van der Waals surface area contributed by atoms with Crippen LogP contribution in [0, 0.1) is 11.8 Å². The van der Waals surface area contributed by atoms with Crippen LogP contribution in [0.25, 0.3) is 0 Å². The Morgan fingerprint density at radius 2 is 1.69 bits per heavy atom. The zero-order valence-corrected chi connectivity index (χ0v) is 10.0. The van der Waals surface area contributed by atoms with Gasteiger partial charge >= 0.3 is 0 Å². The number of hydrogen-bond donors (Lipinski definition) is 0. The average Bonchev–Trinajstić information content (AvgIpc) is 2.33. The van der Waals surface area contributed by atoms with Gasteiger partial charge in [0.15, 0.2) is 0 Å². The molecule has 0 heteroatoms. The lowest BCUT2D eigenvalue weighted by atomic mass is 10.2. The topological polar surface area (TPSA) is 0 Å². The van der Waals surface area contributed by atoms with Crippen molar-refractivity contribution >= 4 is 0 Å². The Morgan fingerprint density at radius 3 is 2.19 bits per heavy atom. The Labute approximate surface area is 99.1 Å². The molecular formula is C16H18. The summed E-state index contributed by atoms with van der Waals surface area (Å²) < 4.78 is 0. The highest BCUT2D eigenvalue weighted by Gasteiger charge is 1.83. The maximum atomic E-state index is 3.72. The summed E-state index contributed by atoms with van der Waals surface area (Å²) in [6, 6.07) is 0. The maximum absolute atomic E-state index is 3.72. The van der Waals surface area contributed by atoms with Crippen molar-refractivity contribution in [2.75, 3.05) is 0 Å². The molecule has 0 aliphatic carbocycles. The third-order valence-electron chi connectivity index (χ3n) is 1.76. The maximum Gasteiger partial charge on any atom is 0.0243 e. The van der Waals surface area contributed by atoms with E-state index in [2.05, 4.69) is 25.0 Å². The Morgan fingerprint density at radius 1 is 1.00 bits per heavy atom. The van der Waals surface area contributed by atoms with E-state index < -0.39 is 0 Å². The molecule has 0 aromatic rings. The first-order valence-corrected chi connectivity index (χ1v) is 5.21. The zero-order chi connectivity index (χ0) is 12.2.